The molecule has 0 radical (unpaired) electrons. The molecular formula is C19H21N3OS. The van der Waals surface area contributed by atoms with Gasteiger partial charge in [-0.3, -0.25) is 4.79 Å². The van der Waals surface area contributed by atoms with Gasteiger partial charge in [-0.15, -0.1) is 0 Å². The summed E-state index contributed by atoms with van der Waals surface area (Å²) in [6, 6.07) is 15.9. The molecular weight excluding hydrogens is 318 g/mol. The number of nitrogens with zero attached hydrogens (tertiary/aromatic N) is 2. The fourth-order valence-corrected chi connectivity index (χ4v) is 3.30. The van der Waals surface area contributed by atoms with Crippen LogP contribution in [0.3, 0.4) is 0 Å². The van der Waals surface area contributed by atoms with Gasteiger partial charge in [-0.05, 0) is 36.4 Å². The number of nitrogens with one attached hydrogen (secondary N) is 1. The number of carbonyl (C=O) groups excluding carboxylic acids is 1. The standard InChI is InChI=1S/C19H21N3OS/c1-3-14-8-4-5-9-15(14)21-19(23)12-22-17-11-7-6-10-16(17)20-18(22)13-24-2/h4-11H,3,12-13H2,1-2H3,(H,21,23). The van der Waals surface area contributed by atoms with Crippen LogP contribution in [0.1, 0.15) is 18.3 Å². The third kappa shape index (κ3) is 3.46. The molecule has 0 aliphatic carbocycles. The van der Waals surface area contributed by atoms with Crippen molar-refractivity contribution in [1.82, 2.24) is 9.55 Å². The first-order valence-corrected chi connectivity index (χ1v) is 9.43. The molecule has 0 saturated heterocycles. The number of fused-ring (bicyclic) bond motifs is 1. The van der Waals surface area contributed by atoms with Gasteiger partial charge in [0.25, 0.3) is 0 Å². The Bertz CT molecular complexity index is 857. The number of hydrogen-bond donors (Lipinski definition) is 1. The molecule has 1 heterocycles. The minimum Gasteiger partial charge on any atom is -0.324 e. The molecule has 0 unspecified atom stereocenters. The van der Waals surface area contributed by atoms with Gasteiger partial charge < -0.3 is 9.88 Å². The van der Waals surface area contributed by atoms with Crippen LogP contribution in [0, 0.1) is 0 Å². The second-order valence-corrected chi connectivity index (χ2v) is 6.46. The summed E-state index contributed by atoms with van der Waals surface area (Å²) >= 11 is 1.71. The normalized spacial score (nSPS) is 10.9. The Balaban J connectivity index is 1.86. The molecule has 3 rings (SSSR count). The van der Waals surface area contributed by atoms with Crippen LogP contribution in [-0.4, -0.2) is 21.7 Å². The van der Waals surface area contributed by atoms with Crippen LogP contribution in [-0.2, 0) is 23.5 Å². The van der Waals surface area contributed by atoms with E-state index in [4.69, 9.17) is 0 Å². The van der Waals surface area contributed by atoms with Gasteiger partial charge in [0, 0.05) is 5.69 Å². The van der Waals surface area contributed by atoms with Crippen LogP contribution < -0.4 is 5.32 Å². The van der Waals surface area contributed by atoms with Crippen molar-refractivity contribution in [2.75, 3.05) is 11.6 Å². The zero-order valence-corrected chi connectivity index (χ0v) is 14.8. The molecule has 0 aliphatic heterocycles. The molecule has 1 aromatic heterocycles. The fraction of sp³-hybridized carbons (Fsp3) is 0.263. The summed E-state index contributed by atoms with van der Waals surface area (Å²) in [6.07, 6.45) is 2.93. The monoisotopic (exact) mass is 339 g/mol. The van der Waals surface area contributed by atoms with Gasteiger partial charge in [0.15, 0.2) is 0 Å². The van der Waals surface area contributed by atoms with Crippen LogP contribution in [0.15, 0.2) is 48.5 Å². The predicted molar refractivity (Wildman–Crippen MR) is 101 cm³/mol. The highest BCUT2D eigenvalue weighted by molar-refractivity contribution is 7.97. The molecule has 124 valence electrons. The van der Waals surface area contributed by atoms with E-state index in [-0.39, 0.29) is 12.5 Å². The van der Waals surface area contributed by atoms with Crippen molar-refractivity contribution in [3.63, 3.8) is 0 Å². The average Bonchev–Trinajstić information content (AvgIpc) is 2.93. The Hall–Kier alpha value is -2.27. The molecule has 0 fully saturated rings. The molecule has 24 heavy (non-hydrogen) atoms. The molecule has 0 atom stereocenters. The van der Waals surface area contributed by atoms with E-state index in [9.17, 15) is 4.79 Å². The Labute approximate surface area is 146 Å². The molecule has 3 aromatic rings. The topological polar surface area (TPSA) is 46.9 Å². The molecule has 5 heteroatoms. The van der Waals surface area contributed by atoms with Crippen molar-refractivity contribution in [2.24, 2.45) is 0 Å². The number of aromatic nitrogens is 2. The number of thioether (sulfide) groups is 1. The van der Waals surface area contributed by atoms with Gasteiger partial charge in [0.05, 0.1) is 16.8 Å². The second-order valence-electron chi connectivity index (χ2n) is 5.59. The maximum atomic E-state index is 12.6. The summed E-state index contributed by atoms with van der Waals surface area (Å²) in [5, 5.41) is 3.04. The van der Waals surface area contributed by atoms with Crippen molar-refractivity contribution in [2.45, 2.75) is 25.6 Å². The van der Waals surface area contributed by atoms with Crippen molar-refractivity contribution >= 4 is 34.4 Å². The Kier molecular flexibility index (Phi) is 5.20. The van der Waals surface area contributed by atoms with E-state index in [2.05, 4.69) is 17.2 Å². The Morgan fingerprint density at radius 2 is 1.92 bits per heavy atom. The van der Waals surface area contributed by atoms with Gasteiger partial charge in [-0.25, -0.2) is 4.98 Å². The number of imidazole rings is 1. The van der Waals surface area contributed by atoms with Gasteiger partial charge in [0.1, 0.15) is 12.4 Å². The lowest BCUT2D eigenvalue weighted by Crippen LogP contribution is -2.20. The lowest BCUT2D eigenvalue weighted by Gasteiger charge is -2.12. The lowest BCUT2D eigenvalue weighted by molar-refractivity contribution is -0.116. The molecule has 0 aliphatic rings. The van der Waals surface area contributed by atoms with E-state index in [0.717, 1.165) is 40.3 Å². The lowest BCUT2D eigenvalue weighted by atomic mass is 10.1. The van der Waals surface area contributed by atoms with E-state index in [1.165, 1.54) is 0 Å². The van der Waals surface area contributed by atoms with Gasteiger partial charge >= 0.3 is 0 Å². The summed E-state index contributed by atoms with van der Waals surface area (Å²) in [5.41, 5.74) is 3.97. The summed E-state index contributed by atoms with van der Waals surface area (Å²) in [6.45, 7) is 2.36. The number of hydrogen-bond acceptors (Lipinski definition) is 3. The van der Waals surface area contributed by atoms with E-state index in [1.54, 1.807) is 11.8 Å². The zero-order chi connectivity index (χ0) is 16.9. The highest BCUT2D eigenvalue weighted by Gasteiger charge is 2.14. The zero-order valence-electron chi connectivity index (χ0n) is 14.0. The molecule has 0 bridgehead atoms. The van der Waals surface area contributed by atoms with Gasteiger partial charge in [-0.2, -0.15) is 11.8 Å². The van der Waals surface area contributed by atoms with E-state index in [0.29, 0.717) is 0 Å². The summed E-state index contributed by atoms with van der Waals surface area (Å²) < 4.78 is 2.01. The highest BCUT2D eigenvalue weighted by atomic mass is 32.2. The quantitative estimate of drug-likeness (QED) is 0.735. The summed E-state index contributed by atoms with van der Waals surface area (Å²) in [4.78, 5) is 17.2. The maximum Gasteiger partial charge on any atom is 0.244 e. The Morgan fingerprint density at radius 3 is 2.71 bits per heavy atom. The van der Waals surface area contributed by atoms with Crippen LogP contribution in [0.4, 0.5) is 5.69 Å². The fourth-order valence-electron chi connectivity index (χ4n) is 2.83. The van der Waals surface area contributed by atoms with E-state index in [1.807, 2.05) is 59.4 Å². The second kappa shape index (κ2) is 7.53. The van der Waals surface area contributed by atoms with Crippen LogP contribution in [0.5, 0.6) is 0 Å². The number of amides is 1. The van der Waals surface area contributed by atoms with Crippen molar-refractivity contribution in [3.8, 4) is 0 Å². The molecule has 0 saturated carbocycles. The molecule has 2 aromatic carbocycles. The number of benzene rings is 2. The van der Waals surface area contributed by atoms with Crippen LogP contribution >= 0.6 is 11.8 Å². The summed E-state index contributed by atoms with van der Waals surface area (Å²) in [5.74, 6) is 1.69. The highest BCUT2D eigenvalue weighted by Crippen LogP contribution is 2.20. The maximum absolute atomic E-state index is 12.6. The number of para-hydroxylation sites is 3. The van der Waals surface area contributed by atoms with Crippen molar-refractivity contribution in [3.05, 3.63) is 59.9 Å². The first-order chi connectivity index (χ1) is 11.7. The third-order valence-electron chi connectivity index (χ3n) is 3.98. The number of carbonyl (C=O) groups is 1. The van der Waals surface area contributed by atoms with E-state index < -0.39 is 0 Å². The molecule has 4 nitrogen and oxygen atoms in total. The van der Waals surface area contributed by atoms with Crippen molar-refractivity contribution < 1.29 is 4.79 Å². The largest absolute Gasteiger partial charge is 0.324 e. The van der Waals surface area contributed by atoms with E-state index >= 15 is 0 Å². The predicted octanol–water partition coefficient (Wildman–Crippen LogP) is 4.10. The van der Waals surface area contributed by atoms with Gasteiger partial charge in [0.2, 0.25) is 5.91 Å². The molecule has 0 spiro atoms. The van der Waals surface area contributed by atoms with Crippen molar-refractivity contribution in [1.29, 1.82) is 0 Å². The smallest absolute Gasteiger partial charge is 0.244 e. The Morgan fingerprint density at radius 1 is 1.17 bits per heavy atom. The van der Waals surface area contributed by atoms with Crippen LogP contribution in [0.2, 0.25) is 0 Å². The summed E-state index contributed by atoms with van der Waals surface area (Å²) in [7, 11) is 0. The minimum absolute atomic E-state index is 0.0265. The number of rotatable bonds is 6. The number of aryl methyl sites for hydroxylation is 1. The van der Waals surface area contributed by atoms with Crippen LogP contribution in [0.25, 0.3) is 11.0 Å². The first-order valence-electron chi connectivity index (χ1n) is 8.03. The first kappa shape index (κ1) is 16.6. The number of anilines is 1. The molecule has 1 amide bonds. The minimum atomic E-state index is -0.0265. The van der Waals surface area contributed by atoms with Gasteiger partial charge in [-0.1, -0.05) is 37.3 Å². The third-order valence-corrected chi connectivity index (χ3v) is 4.53. The SMILES string of the molecule is CCc1ccccc1NC(=O)Cn1c(CSC)nc2ccccc21. The molecule has 1 N–H and O–H groups in total. The average molecular weight is 339 g/mol.